The van der Waals surface area contributed by atoms with E-state index in [1.54, 1.807) is 36.2 Å². The molecule has 0 spiro atoms. The van der Waals surface area contributed by atoms with Gasteiger partial charge in [0.2, 0.25) is 5.91 Å². The van der Waals surface area contributed by atoms with Crippen LogP contribution in [-0.2, 0) is 4.79 Å². The number of nitrogens with zero attached hydrogens (tertiary/aromatic N) is 1. The largest absolute Gasteiger partial charge is 0.398 e. The van der Waals surface area contributed by atoms with Gasteiger partial charge in [0, 0.05) is 25.7 Å². The number of anilines is 1. The Morgan fingerprint density at radius 3 is 2.67 bits per heavy atom. The van der Waals surface area contributed by atoms with Gasteiger partial charge in [-0.15, -0.1) is 12.4 Å². The minimum absolute atomic E-state index is 0. The standard InChI is InChI=1S/C12H15N3O2.ClH/c1-15-7-8(6-11(15)16)14-12(17)9-4-2-3-5-10(9)13;/h2-5,8H,6-7,13H2,1H3,(H,14,17);1H. The zero-order valence-electron chi connectivity index (χ0n) is 10.1. The van der Waals surface area contributed by atoms with Gasteiger partial charge in [0.25, 0.3) is 5.91 Å². The van der Waals surface area contributed by atoms with Crippen LogP contribution in [0, 0.1) is 0 Å². The van der Waals surface area contributed by atoms with E-state index in [1.165, 1.54) is 0 Å². The molecule has 0 aliphatic carbocycles. The van der Waals surface area contributed by atoms with Crippen molar-refractivity contribution in [2.45, 2.75) is 12.5 Å². The highest BCUT2D eigenvalue weighted by molar-refractivity contribution is 5.99. The van der Waals surface area contributed by atoms with E-state index < -0.39 is 0 Å². The third-order valence-electron chi connectivity index (χ3n) is 2.88. The van der Waals surface area contributed by atoms with E-state index >= 15 is 0 Å². The molecule has 3 N–H and O–H groups in total. The molecule has 0 aromatic heterocycles. The second-order valence-electron chi connectivity index (χ2n) is 4.24. The Hall–Kier alpha value is -1.75. The Morgan fingerprint density at radius 1 is 1.44 bits per heavy atom. The highest BCUT2D eigenvalue weighted by atomic mass is 35.5. The van der Waals surface area contributed by atoms with Crippen molar-refractivity contribution < 1.29 is 9.59 Å². The lowest BCUT2D eigenvalue weighted by Gasteiger charge is -2.13. The molecule has 5 nitrogen and oxygen atoms in total. The number of nitrogens with one attached hydrogen (secondary N) is 1. The number of hydrogen-bond acceptors (Lipinski definition) is 3. The first-order chi connectivity index (χ1) is 8.08. The molecule has 1 aromatic rings. The zero-order valence-corrected chi connectivity index (χ0v) is 10.9. The third kappa shape index (κ3) is 2.92. The van der Waals surface area contributed by atoms with Gasteiger partial charge < -0.3 is 16.0 Å². The molecule has 0 bridgehead atoms. The quantitative estimate of drug-likeness (QED) is 0.774. The number of halogens is 1. The van der Waals surface area contributed by atoms with Crippen molar-refractivity contribution in [2.24, 2.45) is 0 Å². The summed E-state index contributed by atoms with van der Waals surface area (Å²) >= 11 is 0. The van der Waals surface area contributed by atoms with Gasteiger partial charge in [-0.2, -0.15) is 0 Å². The van der Waals surface area contributed by atoms with Crippen molar-refractivity contribution in [2.75, 3.05) is 19.3 Å². The van der Waals surface area contributed by atoms with Crippen LogP contribution in [0.5, 0.6) is 0 Å². The first-order valence-electron chi connectivity index (χ1n) is 5.47. The summed E-state index contributed by atoms with van der Waals surface area (Å²) in [6, 6.07) is 6.77. The molecule has 1 atom stereocenters. The first kappa shape index (κ1) is 14.3. The van der Waals surface area contributed by atoms with Crippen molar-refractivity contribution in [1.82, 2.24) is 10.2 Å². The lowest BCUT2D eigenvalue weighted by atomic mass is 10.1. The van der Waals surface area contributed by atoms with Crippen molar-refractivity contribution in [1.29, 1.82) is 0 Å². The number of rotatable bonds is 2. The lowest BCUT2D eigenvalue weighted by Crippen LogP contribution is -2.36. The second-order valence-corrected chi connectivity index (χ2v) is 4.24. The molecule has 6 heteroatoms. The van der Waals surface area contributed by atoms with Crippen molar-refractivity contribution >= 4 is 29.9 Å². The van der Waals surface area contributed by atoms with Crippen LogP contribution >= 0.6 is 12.4 Å². The smallest absolute Gasteiger partial charge is 0.253 e. The number of carbonyl (C=O) groups excluding carboxylic acids is 2. The number of benzene rings is 1. The van der Waals surface area contributed by atoms with Gasteiger partial charge in [0.15, 0.2) is 0 Å². The molecule has 2 amide bonds. The number of nitrogens with two attached hydrogens (primary N) is 1. The number of amides is 2. The van der Waals surface area contributed by atoms with E-state index in [4.69, 9.17) is 5.73 Å². The maximum atomic E-state index is 11.9. The van der Waals surface area contributed by atoms with Gasteiger partial charge in [-0.3, -0.25) is 9.59 Å². The summed E-state index contributed by atoms with van der Waals surface area (Å²) < 4.78 is 0. The van der Waals surface area contributed by atoms with Crippen molar-refractivity contribution in [3.8, 4) is 0 Å². The van der Waals surface area contributed by atoms with Gasteiger partial charge in [0.1, 0.15) is 0 Å². The third-order valence-corrected chi connectivity index (χ3v) is 2.88. The van der Waals surface area contributed by atoms with E-state index in [2.05, 4.69) is 5.32 Å². The molecule has 1 fully saturated rings. The van der Waals surface area contributed by atoms with Crippen molar-refractivity contribution in [3.63, 3.8) is 0 Å². The number of hydrogen-bond donors (Lipinski definition) is 2. The van der Waals surface area contributed by atoms with E-state index in [-0.39, 0.29) is 30.3 Å². The fourth-order valence-corrected chi connectivity index (χ4v) is 1.93. The molecular formula is C12H16ClN3O2. The number of nitrogen functional groups attached to an aromatic ring is 1. The molecule has 2 rings (SSSR count). The topological polar surface area (TPSA) is 75.4 Å². The van der Waals surface area contributed by atoms with Crippen LogP contribution in [0.3, 0.4) is 0 Å². The van der Waals surface area contributed by atoms with Crippen LogP contribution in [-0.4, -0.2) is 36.3 Å². The molecule has 1 saturated heterocycles. The molecule has 98 valence electrons. The van der Waals surface area contributed by atoms with Crippen LogP contribution in [0.4, 0.5) is 5.69 Å². The number of carbonyl (C=O) groups is 2. The Bertz CT molecular complexity index is 464. The number of likely N-dealkylation sites (N-methyl/N-ethyl adjacent to an activating group) is 1. The monoisotopic (exact) mass is 269 g/mol. The zero-order chi connectivity index (χ0) is 12.4. The summed E-state index contributed by atoms with van der Waals surface area (Å²) in [5.74, 6) is -0.174. The van der Waals surface area contributed by atoms with Crippen LogP contribution in [0.25, 0.3) is 0 Å². The fraction of sp³-hybridized carbons (Fsp3) is 0.333. The van der Waals surface area contributed by atoms with Crippen LogP contribution in [0.1, 0.15) is 16.8 Å². The van der Waals surface area contributed by atoms with Gasteiger partial charge in [-0.25, -0.2) is 0 Å². The summed E-state index contributed by atoms with van der Waals surface area (Å²) in [7, 11) is 1.73. The van der Waals surface area contributed by atoms with Crippen LogP contribution in [0.2, 0.25) is 0 Å². The summed E-state index contributed by atoms with van der Waals surface area (Å²) in [6.45, 7) is 0.553. The van der Waals surface area contributed by atoms with E-state index in [1.807, 2.05) is 0 Å². The average molecular weight is 270 g/mol. The number of likely N-dealkylation sites (tertiary alicyclic amines) is 1. The van der Waals surface area contributed by atoms with Gasteiger partial charge in [-0.05, 0) is 12.1 Å². The average Bonchev–Trinajstić information content (AvgIpc) is 2.58. The predicted octanol–water partition coefficient (Wildman–Crippen LogP) is 0.651. The van der Waals surface area contributed by atoms with Gasteiger partial charge >= 0.3 is 0 Å². The molecule has 1 aromatic carbocycles. The summed E-state index contributed by atoms with van der Waals surface area (Å²) in [5, 5.41) is 2.82. The Morgan fingerprint density at radius 2 is 2.11 bits per heavy atom. The second kappa shape index (κ2) is 5.73. The molecule has 1 aliphatic heterocycles. The molecule has 1 unspecified atom stereocenters. The maximum absolute atomic E-state index is 11.9. The van der Waals surface area contributed by atoms with E-state index in [0.717, 1.165) is 0 Å². The van der Waals surface area contributed by atoms with Crippen molar-refractivity contribution in [3.05, 3.63) is 29.8 Å². The van der Waals surface area contributed by atoms with Gasteiger partial charge in [-0.1, -0.05) is 12.1 Å². The minimum atomic E-state index is -0.226. The summed E-state index contributed by atoms with van der Waals surface area (Å²) in [6.07, 6.45) is 0.356. The highest BCUT2D eigenvalue weighted by Crippen LogP contribution is 2.13. The molecular weight excluding hydrogens is 254 g/mol. The Kier molecular flexibility index (Phi) is 4.55. The van der Waals surface area contributed by atoms with E-state index in [9.17, 15) is 9.59 Å². The first-order valence-corrected chi connectivity index (χ1v) is 5.47. The van der Waals surface area contributed by atoms with Crippen LogP contribution < -0.4 is 11.1 Å². The molecule has 1 heterocycles. The molecule has 0 radical (unpaired) electrons. The summed E-state index contributed by atoms with van der Waals surface area (Å²) in [5.41, 5.74) is 6.61. The van der Waals surface area contributed by atoms with Gasteiger partial charge in [0.05, 0.1) is 11.6 Å². The normalized spacial score (nSPS) is 18.4. The molecule has 1 aliphatic rings. The fourth-order valence-electron chi connectivity index (χ4n) is 1.93. The molecule has 0 saturated carbocycles. The Labute approximate surface area is 112 Å². The predicted molar refractivity (Wildman–Crippen MR) is 71.6 cm³/mol. The maximum Gasteiger partial charge on any atom is 0.253 e. The summed E-state index contributed by atoms with van der Waals surface area (Å²) in [4.78, 5) is 24.8. The van der Waals surface area contributed by atoms with E-state index in [0.29, 0.717) is 24.2 Å². The molecule has 18 heavy (non-hydrogen) atoms. The van der Waals surface area contributed by atoms with Crippen LogP contribution in [0.15, 0.2) is 24.3 Å². The number of para-hydroxylation sites is 1. The highest BCUT2D eigenvalue weighted by Gasteiger charge is 2.28. The lowest BCUT2D eigenvalue weighted by molar-refractivity contribution is -0.126. The SMILES string of the molecule is CN1CC(NC(=O)c2ccccc2N)CC1=O.Cl. The Balaban J connectivity index is 0.00000162. The minimum Gasteiger partial charge on any atom is -0.398 e.